The summed E-state index contributed by atoms with van der Waals surface area (Å²) < 4.78 is 4.80. The van der Waals surface area contributed by atoms with Gasteiger partial charge in [0.05, 0.1) is 6.61 Å². The predicted molar refractivity (Wildman–Crippen MR) is 64.9 cm³/mol. The first kappa shape index (κ1) is 11.2. The quantitative estimate of drug-likeness (QED) is 0.603. The monoisotopic (exact) mass is 232 g/mol. The lowest BCUT2D eigenvalue weighted by atomic mass is 10.1. The van der Waals surface area contributed by atoms with Crippen molar-refractivity contribution >= 4 is 22.6 Å². The van der Waals surface area contributed by atoms with E-state index in [-0.39, 0.29) is 12.2 Å². The molecular formula is C12H12N2O3. The molecule has 0 unspecified atom stereocenters. The Morgan fingerprint density at radius 1 is 1.41 bits per heavy atom. The molecule has 0 fully saturated rings. The number of esters is 1. The molecule has 0 atom stereocenters. The van der Waals surface area contributed by atoms with Crippen LogP contribution in [0.2, 0.25) is 0 Å². The minimum atomic E-state index is -0.627. The van der Waals surface area contributed by atoms with Gasteiger partial charge in [-0.15, -0.1) is 0 Å². The van der Waals surface area contributed by atoms with E-state index >= 15 is 0 Å². The van der Waals surface area contributed by atoms with Crippen molar-refractivity contribution in [2.75, 3.05) is 12.3 Å². The van der Waals surface area contributed by atoms with Crippen LogP contribution in [0.1, 0.15) is 17.3 Å². The Bertz CT molecular complexity index is 631. The molecule has 2 rings (SSSR count). The summed E-state index contributed by atoms with van der Waals surface area (Å²) in [6.07, 6.45) is 0. The number of anilines is 1. The van der Waals surface area contributed by atoms with Gasteiger partial charge in [-0.2, -0.15) is 0 Å². The number of nitrogens with two attached hydrogens (primary N) is 1. The fourth-order valence-electron chi connectivity index (χ4n) is 1.59. The van der Waals surface area contributed by atoms with E-state index in [0.29, 0.717) is 16.6 Å². The summed E-state index contributed by atoms with van der Waals surface area (Å²) in [5.41, 5.74) is 6.38. The van der Waals surface area contributed by atoms with E-state index in [4.69, 9.17) is 10.5 Å². The van der Waals surface area contributed by atoms with Crippen molar-refractivity contribution in [3.05, 3.63) is 40.2 Å². The van der Waals surface area contributed by atoms with Crippen LogP contribution in [-0.4, -0.2) is 17.6 Å². The van der Waals surface area contributed by atoms with Crippen LogP contribution >= 0.6 is 0 Å². The average Bonchev–Trinajstić information content (AvgIpc) is 2.29. The number of aromatic amines is 1. The van der Waals surface area contributed by atoms with Gasteiger partial charge in [0.15, 0.2) is 0 Å². The maximum Gasteiger partial charge on any atom is 0.343 e. The molecule has 0 aliphatic rings. The largest absolute Gasteiger partial charge is 0.462 e. The van der Waals surface area contributed by atoms with Gasteiger partial charge in [-0.05, 0) is 31.2 Å². The first-order valence-electron chi connectivity index (χ1n) is 5.21. The van der Waals surface area contributed by atoms with Crippen molar-refractivity contribution in [2.45, 2.75) is 6.92 Å². The number of benzene rings is 1. The second-order valence-electron chi connectivity index (χ2n) is 3.58. The highest BCUT2D eigenvalue weighted by Crippen LogP contribution is 2.15. The molecule has 0 radical (unpaired) electrons. The number of rotatable bonds is 2. The zero-order valence-corrected chi connectivity index (χ0v) is 9.32. The summed E-state index contributed by atoms with van der Waals surface area (Å²) in [6, 6.07) is 6.56. The molecule has 2 aromatic rings. The van der Waals surface area contributed by atoms with Crippen molar-refractivity contribution in [1.29, 1.82) is 0 Å². The van der Waals surface area contributed by atoms with Gasteiger partial charge < -0.3 is 15.5 Å². The smallest absolute Gasteiger partial charge is 0.343 e. The van der Waals surface area contributed by atoms with Gasteiger partial charge in [0.25, 0.3) is 5.56 Å². The number of H-pyrrole nitrogens is 1. The van der Waals surface area contributed by atoms with E-state index < -0.39 is 11.5 Å². The maximum absolute atomic E-state index is 11.6. The van der Waals surface area contributed by atoms with Crippen LogP contribution in [0.15, 0.2) is 29.1 Å². The van der Waals surface area contributed by atoms with Gasteiger partial charge in [-0.3, -0.25) is 4.79 Å². The fourth-order valence-corrected chi connectivity index (χ4v) is 1.59. The third-order valence-electron chi connectivity index (χ3n) is 2.36. The minimum absolute atomic E-state index is 0.00931. The van der Waals surface area contributed by atoms with Crippen LogP contribution in [-0.2, 0) is 4.74 Å². The van der Waals surface area contributed by atoms with E-state index in [1.54, 1.807) is 25.1 Å². The van der Waals surface area contributed by atoms with Crippen LogP contribution in [0, 0.1) is 0 Å². The Morgan fingerprint density at radius 3 is 2.88 bits per heavy atom. The molecule has 0 spiro atoms. The number of hydrogen-bond donors (Lipinski definition) is 2. The number of nitrogens with one attached hydrogen (secondary N) is 1. The van der Waals surface area contributed by atoms with Gasteiger partial charge in [0.1, 0.15) is 5.56 Å². The number of fused-ring (bicyclic) bond motifs is 1. The molecule has 0 bridgehead atoms. The summed E-state index contributed by atoms with van der Waals surface area (Å²) in [5.74, 6) is -0.627. The third kappa shape index (κ3) is 2.13. The molecule has 1 aromatic carbocycles. The zero-order chi connectivity index (χ0) is 12.4. The SMILES string of the molecule is CCOC(=O)c1cc2cc(N)ccc2[nH]c1=O. The Balaban J connectivity index is 2.61. The highest BCUT2D eigenvalue weighted by Gasteiger charge is 2.12. The van der Waals surface area contributed by atoms with E-state index in [2.05, 4.69) is 4.98 Å². The molecular weight excluding hydrogens is 220 g/mol. The molecule has 3 N–H and O–H groups in total. The van der Waals surface area contributed by atoms with Crippen LogP contribution < -0.4 is 11.3 Å². The van der Waals surface area contributed by atoms with Gasteiger partial charge in [-0.25, -0.2) is 4.79 Å². The zero-order valence-electron chi connectivity index (χ0n) is 9.32. The molecule has 1 aromatic heterocycles. The molecule has 0 saturated carbocycles. The number of carbonyl (C=O) groups excluding carboxylic acids is 1. The number of hydrogen-bond acceptors (Lipinski definition) is 4. The lowest BCUT2D eigenvalue weighted by Crippen LogP contribution is -2.19. The first-order chi connectivity index (χ1) is 8.11. The molecule has 0 amide bonds. The second-order valence-corrected chi connectivity index (χ2v) is 3.58. The highest BCUT2D eigenvalue weighted by atomic mass is 16.5. The van der Waals surface area contributed by atoms with Gasteiger partial charge in [0, 0.05) is 16.6 Å². The number of ether oxygens (including phenoxy) is 1. The van der Waals surface area contributed by atoms with E-state index in [9.17, 15) is 9.59 Å². The predicted octanol–water partition coefficient (Wildman–Crippen LogP) is 1.29. The van der Waals surface area contributed by atoms with Crippen LogP contribution in [0.5, 0.6) is 0 Å². The molecule has 0 aliphatic heterocycles. The maximum atomic E-state index is 11.6. The van der Waals surface area contributed by atoms with Crippen LogP contribution in [0.3, 0.4) is 0 Å². The standard InChI is InChI=1S/C12H12N2O3/c1-2-17-12(16)9-6-7-5-8(13)3-4-10(7)14-11(9)15/h3-6H,2,13H2,1H3,(H,14,15). The van der Waals surface area contributed by atoms with Crippen molar-refractivity contribution in [1.82, 2.24) is 4.98 Å². The molecule has 17 heavy (non-hydrogen) atoms. The third-order valence-corrected chi connectivity index (χ3v) is 2.36. The Hall–Kier alpha value is -2.30. The fraction of sp³-hybridized carbons (Fsp3) is 0.167. The van der Waals surface area contributed by atoms with E-state index in [1.165, 1.54) is 6.07 Å². The van der Waals surface area contributed by atoms with Gasteiger partial charge in [0.2, 0.25) is 0 Å². The molecule has 0 aliphatic carbocycles. The van der Waals surface area contributed by atoms with Gasteiger partial charge in [-0.1, -0.05) is 0 Å². The summed E-state index contributed by atoms with van der Waals surface area (Å²) >= 11 is 0. The normalized spacial score (nSPS) is 10.4. The number of aromatic nitrogens is 1. The Labute approximate surface area is 97.2 Å². The van der Waals surface area contributed by atoms with E-state index in [1.807, 2.05) is 0 Å². The number of nitrogen functional groups attached to an aromatic ring is 1. The summed E-state index contributed by atoms with van der Waals surface area (Å²) in [4.78, 5) is 25.8. The Kier molecular flexibility index (Phi) is 2.82. The highest BCUT2D eigenvalue weighted by molar-refractivity contribution is 5.94. The van der Waals surface area contributed by atoms with Crippen molar-refractivity contribution in [3.63, 3.8) is 0 Å². The lowest BCUT2D eigenvalue weighted by molar-refractivity contribution is 0.0524. The van der Waals surface area contributed by atoms with Crippen molar-refractivity contribution in [2.24, 2.45) is 0 Å². The van der Waals surface area contributed by atoms with Crippen molar-refractivity contribution in [3.8, 4) is 0 Å². The van der Waals surface area contributed by atoms with Gasteiger partial charge >= 0.3 is 5.97 Å². The van der Waals surface area contributed by atoms with E-state index in [0.717, 1.165) is 0 Å². The molecule has 88 valence electrons. The summed E-state index contributed by atoms with van der Waals surface area (Å²) in [6.45, 7) is 1.92. The van der Waals surface area contributed by atoms with Crippen molar-refractivity contribution < 1.29 is 9.53 Å². The molecule has 0 saturated heterocycles. The summed E-state index contributed by atoms with van der Waals surface area (Å²) in [5, 5.41) is 0.702. The Morgan fingerprint density at radius 2 is 2.18 bits per heavy atom. The summed E-state index contributed by atoms with van der Waals surface area (Å²) in [7, 11) is 0. The molecule has 5 nitrogen and oxygen atoms in total. The average molecular weight is 232 g/mol. The minimum Gasteiger partial charge on any atom is -0.462 e. The molecule has 1 heterocycles. The topological polar surface area (TPSA) is 85.2 Å². The lowest BCUT2D eigenvalue weighted by Gasteiger charge is -2.03. The second kappa shape index (κ2) is 4.29. The van der Waals surface area contributed by atoms with Crippen LogP contribution in [0.25, 0.3) is 10.9 Å². The van der Waals surface area contributed by atoms with Crippen LogP contribution in [0.4, 0.5) is 5.69 Å². The molecule has 5 heteroatoms. The number of carbonyl (C=O) groups is 1. The number of pyridine rings is 1. The first-order valence-corrected chi connectivity index (χ1v) is 5.21.